The lowest BCUT2D eigenvalue weighted by molar-refractivity contribution is -0.137. The standard InChI is InChI=1S/C8H6N2O3S2/c11-7(12)1-10-6(3-15-8(10)13)5-2-14-4-9-5/h2-4H,1H2,(H,11,12). The third-order valence-electron chi connectivity index (χ3n) is 1.77. The molecule has 0 radical (unpaired) electrons. The van der Waals surface area contributed by atoms with Crippen LogP contribution in [0.3, 0.4) is 0 Å². The molecular formula is C8H6N2O3S2. The first-order valence-corrected chi connectivity index (χ1v) is 5.79. The molecule has 0 aliphatic rings. The van der Waals surface area contributed by atoms with Crippen LogP contribution >= 0.6 is 22.7 Å². The van der Waals surface area contributed by atoms with E-state index in [4.69, 9.17) is 5.11 Å². The van der Waals surface area contributed by atoms with Crippen molar-refractivity contribution in [3.05, 3.63) is 25.9 Å². The molecular weight excluding hydrogens is 236 g/mol. The maximum Gasteiger partial charge on any atom is 0.323 e. The third kappa shape index (κ3) is 1.97. The Labute approximate surface area is 92.3 Å². The number of carboxylic acids is 1. The minimum Gasteiger partial charge on any atom is -0.480 e. The smallest absolute Gasteiger partial charge is 0.323 e. The highest BCUT2D eigenvalue weighted by Gasteiger charge is 2.12. The minimum atomic E-state index is -1.04. The Bertz CT molecular complexity index is 526. The second-order valence-corrected chi connectivity index (χ2v) is 4.28. The highest BCUT2D eigenvalue weighted by Crippen LogP contribution is 2.19. The van der Waals surface area contributed by atoms with E-state index in [0.29, 0.717) is 11.4 Å². The van der Waals surface area contributed by atoms with Gasteiger partial charge in [-0.05, 0) is 0 Å². The van der Waals surface area contributed by atoms with Crippen molar-refractivity contribution in [1.29, 1.82) is 0 Å². The Morgan fingerprint density at radius 1 is 1.53 bits per heavy atom. The number of carboxylic acid groups (broad SMARTS) is 1. The third-order valence-corrected chi connectivity index (χ3v) is 3.12. The Morgan fingerprint density at radius 2 is 2.33 bits per heavy atom. The highest BCUT2D eigenvalue weighted by atomic mass is 32.1. The summed E-state index contributed by atoms with van der Waals surface area (Å²) in [5.41, 5.74) is 2.84. The van der Waals surface area contributed by atoms with Crippen LogP contribution < -0.4 is 4.87 Å². The molecule has 2 rings (SSSR count). The van der Waals surface area contributed by atoms with Gasteiger partial charge in [0.2, 0.25) is 0 Å². The van der Waals surface area contributed by atoms with Crippen molar-refractivity contribution >= 4 is 28.6 Å². The van der Waals surface area contributed by atoms with Crippen LogP contribution in [0.2, 0.25) is 0 Å². The van der Waals surface area contributed by atoms with Crippen molar-refractivity contribution in [2.75, 3.05) is 0 Å². The Hall–Kier alpha value is -1.47. The van der Waals surface area contributed by atoms with Gasteiger partial charge in [0.1, 0.15) is 6.54 Å². The quantitative estimate of drug-likeness (QED) is 0.875. The van der Waals surface area contributed by atoms with Crippen molar-refractivity contribution in [2.45, 2.75) is 6.54 Å². The van der Waals surface area contributed by atoms with Crippen LogP contribution in [0.15, 0.2) is 21.1 Å². The number of hydrogen-bond donors (Lipinski definition) is 1. The van der Waals surface area contributed by atoms with Crippen molar-refractivity contribution in [2.24, 2.45) is 0 Å². The van der Waals surface area contributed by atoms with Crippen molar-refractivity contribution in [3.8, 4) is 11.4 Å². The molecule has 7 heteroatoms. The second-order valence-electron chi connectivity index (χ2n) is 2.74. The first kappa shape index (κ1) is 10.1. The number of rotatable bonds is 3. The largest absolute Gasteiger partial charge is 0.480 e. The monoisotopic (exact) mass is 242 g/mol. The van der Waals surface area contributed by atoms with Gasteiger partial charge in [-0.25, -0.2) is 4.98 Å². The number of aromatic nitrogens is 2. The summed E-state index contributed by atoms with van der Waals surface area (Å²) in [5, 5.41) is 12.1. The van der Waals surface area contributed by atoms with E-state index in [1.165, 1.54) is 15.9 Å². The Balaban J connectivity index is 2.49. The van der Waals surface area contributed by atoms with Crippen molar-refractivity contribution < 1.29 is 9.90 Å². The van der Waals surface area contributed by atoms with Gasteiger partial charge in [-0.2, -0.15) is 0 Å². The van der Waals surface area contributed by atoms with Crippen LogP contribution in [0.4, 0.5) is 0 Å². The average molecular weight is 242 g/mol. The molecule has 0 aliphatic carbocycles. The van der Waals surface area contributed by atoms with Crippen LogP contribution in [-0.4, -0.2) is 20.6 Å². The van der Waals surface area contributed by atoms with Crippen molar-refractivity contribution in [3.63, 3.8) is 0 Å². The van der Waals surface area contributed by atoms with E-state index < -0.39 is 5.97 Å². The van der Waals surface area contributed by atoms with E-state index in [1.54, 1.807) is 16.3 Å². The summed E-state index contributed by atoms with van der Waals surface area (Å²) >= 11 is 2.38. The molecule has 1 N–H and O–H groups in total. The fraction of sp³-hybridized carbons (Fsp3) is 0.125. The fourth-order valence-electron chi connectivity index (χ4n) is 1.15. The van der Waals surface area contributed by atoms with Crippen LogP contribution in [-0.2, 0) is 11.3 Å². The summed E-state index contributed by atoms with van der Waals surface area (Å²) in [6, 6.07) is 0. The van der Waals surface area contributed by atoms with Crippen LogP contribution in [0.25, 0.3) is 11.4 Å². The lowest BCUT2D eigenvalue weighted by Gasteiger charge is -2.00. The Kier molecular flexibility index (Phi) is 2.65. The number of carbonyl (C=O) groups is 1. The summed E-state index contributed by atoms with van der Waals surface area (Å²) in [7, 11) is 0. The zero-order valence-electron chi connectivity index (χ0n) is 7.41. The predicted octanol–water partition coefficient (Wildman–Crippen LogP) is 1.12. The second kappa shape index (κ2) is 3.95. The van der Waals surface area contributed by atoms with Gasteiger partial charge in [-0.3, -0.25) is 14.2 Å². The molecule has 2 aromatic heterocycles. The van der Waals surface area contributed by atoms with Crippen molar-refractivity contribution in [1.82, 2.24) is 9.55 Å². The van der Waals surface area contributed by atoms with E-state index in [1.807, 2.05) is 0 Å². The normalized spacial score (nSPS) is 10.4. The fourth-order valence-corrected chi connectivity index (χ4v) is 2.45. The zero-order valence-corrected chi connectivity index (χ0v) is 9.05. The molecule has 78 valence electrons. The highest BCUT2D eigenvalue weighted by molar-refractivity contribution is 7.08. The molecule has 15 heavy (non-hydrogen) atoms. The molecule has 2 aromatic rings. The van der Waals surface area contributed by atoms with Gasteiger partial charge >= 0.3 is 10.8 Å². The summed E-state index contributed by atoms with van der Waals surface area (Å²) < 4.78 is 1.21. The van der Waals surface area contributed by atoms with Gasteiger partial charge in [0.05, 0.1) is 16.9 Å². The van der Waals surface area contributed by atoms with Gasteiger partial charge in [0.25, 0.3) is 0 Å². The minimum absolute atomic E-state index is 0.277. The van der Waals surface area contributed by atoms with Gasteiger partial charge in [-0.15, -0.1) is 11.3 Å². The molecule has 0 atom stereocenters. The molecule has 5 nitrogen and oxygen atoms in total. The number of aliphatic carboxylic acids is 1. The van der Waals surface area contributed by atoms with Crippen LogP contribution in [0, 0.1) is 0 Å². The lowest BCUT2D eigenvalue weighted by Crippen LogP contribution is -2.19. The summed E-state index contributed by atoms with van der Waals surface area (Å²) in [6.45, 7) is -0.324. The Morgan fingerprint density at radius 3 is 2.93 bits per heavy atom. The number of nitrogens with zero attached hydrogens (tertiary/aromatic N) is 2. The molecule has 2 heterocycles. The molecule has 0 saturated carbocycles. The molecule has 0 amide bonds. The molecule has 0 spiro atoms. The van der Waals surface area contributed by atoms with Gasteiger partial charge < -0.3 is 5.11 Å². The summed E-state index contributed by atoms with van der Waals surface area (Å²) in [6.07, 6.45) is 0. The zero-order chi connectivity index (χ0) is 10.8. The molecule has 0 bridgehead atoms. The first-order chi connectivity index (χ1) is 7.18. The van der Waals surface area contributed by atoms with E-state index in [2.05, 4.69) is 4.98 Å². The van der Waals surface area contributed by atoms with E-state index in [-0.39, 0.29) is 11.4 Å². The molecule has 0 saturated heterocycles. The maximum absolute atomic E-state index is 11.4. The SMILES string of the molecule is O=C(O)Cn1c(-c2cscn2)csc1=O. The summed E-state index contributed by atoms with van der Waals surface area (Å²) in [5.74, 6) is -1.04. The van der Waals surface area contributed by atoms with Gasteiger partial charge in [0.15, 0.2) is 0 Å². The van der Waals surface area contributed by atoms with Gasteiger partial charge in [-0.1, -0.05) is 11.3 Å². The topological polar surface area (TPSA) is 72.2 Å². The number of hydrogen-bond acceptors (Lipinski definition) is 5. The molecule has 0 unspecified atom stereocenters. The number of thiazole rings is 2. The van der Waals surface area contributed by atoms with Gasteiger partial charge in [0, 0.05) is 10.8 Å². The van der Waals surface area contributed by atoms with E-state index in [0.717, 1.165) is 11.3 Å². The van der Waals surface area contributed by atoms with Crippen LogP contribution in [0.5, 0.6) is 0 Å². The van der Waals surface area contributed by atoms with E-state index >= 15 is 0 Å². The average Bonchev–Trinajstić information content (AvgIpc) is 2.76. The molecule has 0 aromatic carbocycles. The summed E-state index contributed by atoms with van der Waals surface area (Å²) in [4.78, 5) is 25.7. The molecule has 0 fully saturated rings. The predicted molar refractivity (Wildman–Crippen MR) is 57.3 cm³/mol. The van der Waals surface area contributed by atoms with E-state index in [9.17, 15) is 9.59 Å². The molecule has 0 aliphatic heterocycles. The van der Waals surface area contributed by atoms with Crippen LogP contribution in [0.1, 0.15) is 0 Å². The lowest BCUT2D eigenvalue weighted by atomic mass is 10.4. The maximum atomic E-state index is 11.4. The first-order valence-electron chi connectivity index (χ1n) is 3.97.